The third-order valence-corrected chi connectivity index (χ3v) is 5.45. The molecule has 2 amide bonds. The van der Waals surface area contributed by atoms with E-state index in [1.165, 1.54) is 18.1 Å². The van der Waals surface area contributed by atoms with Gasteiger partial charge in [0.15, 0.2) is 0 Å². The Bertz CT molecular complexity index is 1030. The van der Waals surface area contributed by atoms with E-state index >= 15 is 0 Å². The average molecular weight is 496 g/mol. The number of hydrogen-bond acceptors (Lipinski definition) is 7. The SMILES string of the molecule is CC(CN(Cc1ccc(C(F)(F)F)cn1)C(=O)C=O)C1CC1.CNc1cnc(OC)c(C(N)=O)c1. The lowest BCUT2D eigenvalue weighted by Crippen LogP contribution is -2.35. The van der Waals surface area contributed by atoms with Gasteiger partial charge in [0, 0.05) is 19.8 Å². The van der Waals surface area contributed by atoms with E-state index in [9.17, 15) is 27.6 Å². The van der Waals surface area contributed by atoms with Crippen molar-refractivity contribution in [3.05, 3.63) is 47.4 Å². The van der Waals surface area contributed by atoms with E-state index in [-0.39, 0.29) is 30.2 Å². The van der Waals surface area contributed by atoms with Crippen LogP contribution in [-0.4, -0.2) is 53.7 Å². The molecule has 12 heteroatoms. The number of methoxy groups -OCH3 is 1. The number of nitrogens with one attached hydrogen (secondary N) is 1. The van der Waals surface area contributed by atoms with E-state index in [1.54, 1.807) is 19.3 Å². The molecule has 1 unspecified atom stereocenters. The van der Waals surface area contributed by atoms with Crippen LogP contribution in [0.15, 0.2) is 30.6 Å². The largest absolute Gasteiger partial charge is 0.480 e. The van der Waals surface area contributed by atoms with Gasteiger partial charge in [-0.3, -0.25) is 19.4 Å². The first-order valence-corrected chi connectivity index (χ1v) is 10.8. The number of ether oxygens (including phenoxy) is 1. The van der Waals surface area contributed by atoms with Crippen LogP contribution < -0.4 is 15.8 Å². The summed E-state index contributed by atoms with van der Waals surface area (Å²) >= 11 is 0. The van der Waals surface area contributed by atoms with Gasteiger partial charge in [-0.15, -0.1) is 0 Å². The molecule has 2 aromatic heterocycles. The normalized spacial score (nSPS) is 13.7. The van der Waals surface area contributed by atoms with Crippen molar-refractivity contribution in [1.82, 2.24) is 14.9 Å². The van der Waals surface area contributed by atoms with Gasteiger partial charge in [-0.25, -0.2) is 4.98 Å². The Morgan fingerprint density at radius 3 is 2.43 bits per heavy atom. The van der Waals surface area contributed by atoms with Gasteiger partial charge in [0.1, 0.15) is 5.56 Å². The maximum absolute atomic E-state index is 12.5. The summed E-state index contributed by atoms with van der Waals surface area (Å²) in [6, 6.07) is 3.75. The molecule has 1 aliphatic rings. The smallest absolute Gasteiger partial charge is 0.417 e. The number of alkyl halides is 3. The Hall–Kier alpha value is -3.70. The van der Waals surface area contributed by atoms with Gasteiger partial charge in [-0.2, -0.15) is 13.2 Å². The van der Waals surface area contributed by atoms with Gasteiger partial charge in [0.25, 0.3) is 11.8 Å². The minimum Gasteiger partial charge on any atom is -0.480 e. The van der Waals surface area contributed by atoms with Crippen LogP contribution in [0.3, 0.4) is 0 Å². The molecule has 1 saturated carbocycles. The average Bonchev–Trinajstić information content (AvgIpc) is 3.68. The molecule has 190 valence electrons. The molecule has 0 bridgehead atoms. The number of pyridine rings is 2. The van der Waals surface area contributed by atoms with Crippen molar-refractivity contribution in [2.75, 3.05) is 26.0 Å². The first kappa shape index (κ1) is 27.5. The summed E-state index contributed by atoms with van der Waals surface area (Å²) in [5.41, 5.74) is 5.60. The second kappa shape index (κ2) is 12.1. The number of carbonyl (C=O) groups is 3. The highest BCUT2D eigenvalue weighted by atomic mass is 19.4. The summed E-state index contributed by atoms with van der Waals surface area (Å²) < 4.78 is 42.3. The number of anilines is 1. The molecule has 1 aliphatic carbocycles. The van der Waals surface area contributed by atoms with Crippen LogP contribution in [0.2, 0.25) is 0 Å². The van der Waals surface area contributed by atoms with Crippen LogP contribution >= 0.6 is 0 Å². The Morgan fingerprint density at radius 2 is 1.97 bits per heavy atom. The molecule has 0 spiro atoms. The number of halogens is 3. The van der Waals surface area contributed by atoms with Crippen molar-refractivity contribution in [1.29, 1.82) is 0 Å². The topological polar surface area (TPSA) is 128 Å². The molecule has 0 radical (unpaired) electrons. The van der Waals surface area contributed by atoms with Crippen molar-refractivity contribution < 1.29 is 32.3 Å². The molecule has 3 rings (SSSR count). The molecule has 35 heavy (non-hydrogen) atoms. The second-order valence-electron chi connectivity index (χ2n) is 8.08. The van der Waals surface area contributed by atoms with E-state index in [2.05, 4.69) is 15.3 Å². The lowest BCUT2D eigenvalue weighted by atomic mass is 10.1. The molecule has 1 fully saturated rings. The van der Waals surface area contributed by atoms with Gasteiger partial charge in [-0.05, 0) is 42.9 Å². The number of rotatable bonds is 9. The van der Waals surface area contributed by atoms with Crippen molar-refractivity contribution in [3.63, 3.8) is 0 Å². The predicted octanol–water partition coefficient (Wildman–Crippen LogP) is 2.90. The van der Waals surface area contributed by atoms with Crippen molar-refractivity contribution in [3.8, 4) is 5.88 Å². The number of primary amides is 1. The Labute approximate surface area is 200 Å². The summed E-state index contributed by atoms with van der Waals surface area (Å²) in [7, 11) is 3.17. The summed E-state index contributed by atoms with van der Waals surface area (Å²) in [5, 5.41) is 2.85. The van der Waals surface area contributed by atoms with Crippen molar-refractivity contribution in [2.24, 2.45) is 17.6 Å². The fourth-order valence-corrected chi connectivity index (χ4v) is 3.28. The molecule has 0 saturated heterocycles. The third-order valence-electron chi connectivity index (χ3n) is 5.45. The maximum Gasteiger partial charge on any atom is 0.417 e. The van der Waals surface area contributed by atoms with E-state index < -0.39 is 23.6 Å². The van der Waals surface area contributed by atoms with Crippen LogP contribution in [0.5, 0.6) is 5.88 Å². The fraction of sp³-hybridized carbons (Fsp3) is 0.435. The lowest BCUT2D eigenvalue weighted by molar-refractivity contribution is -0.140. The highest BCUT2D eigenvalue weighted by Crippen LogP contribution is 2.37. The van der Waals surface area contributed by atoms with Crippen LogP contribution in [0.4, 0.5) is 18.9 Å². The highest BCUT2D eigenvalue weighted by molar-refractivity contribution is 6.23. The lowest BCUT2D eigenvalue weighted by Gasteiger charge is -2.23. The standard InChI is InChI=1S/C15H17F3N2O2.C8H11N3O2/c1-10(11-2-3-11)7-20(14(22)9-21)8-13-5-4-12(6-19-13)15(16,17)18;1-10-5-3-6(7(9)12)8(13-2)11-4-5/h4-6,9-11H,2-3,7-8H2,1H3;3-4,10H,1-2H3,(H2,9,12). The Morgan fingerprint density at radius 1 is 1.29 bits per heavy atom. The third kappa shape index (κ3) is 8.23. The van der Waals surface area contributed by atoms with Crippen LogP contribution in [0.1, 0.15) is 41.4 Å². The van der Waals surface area contributed by atoms with Crippen molar-refractivity contribution >= 4 is 23.8 Å². The van der Waals surface area contributed by atoms with E-state index in [4.69, 9.17) is 10.5 Å². The molecule has 9 nitrogen and oxygen atoms in total. The second-order valence-corrected chi connectivity index (χ2v) is 8.08. The Kier molecular flexibility index (Phi) is 9.55. The zero-order chi connectivity index (χ0) is 26.2. The molecular weight excluding hydrogens is 467 g/mol. The molecule has 2 aromatic rings. The summed E-state index contributed by atoms with van der Waals surface area (Å²) in [4.78, 5) is 42.3. The summed E-state index contributed by atoms with van der Waals surface area (Å²) in [5.74, 6) is -0.164. The van der Waals surface area contributed by atoms with Crippen LogP contribution in [-0.2, 0) is 22.3 Å². The number of hydrogen-bond donors (Lipinski definition) is 2. The molecule has 0 aromatic carbocycles. The predicted molar refractivity (Wildman–Crippen MR) is 121 cm³/mol. The quantitative estimate of drug-likeness (QED) is 0.404. The van der Waals surface area contributed by atoms with Gasteiger partial charge >= 0.3 is 6.18 Å². The number of amides is 2. The number of nitrogens with two attached hydrogens (primary N) is 1. The number of nitrogens with zero attached hydrogens (tertiary/aromatic N) is 3. The van der Waals surface area contributed by atoms with Gasteiger partial charge < -0.3 is 20.7 Å². The first-order valence-electron chi connectivity index (χ1n) is 10.8. The van der Waals surface area contributed by atoms with Gasteiger partial charge in [-0.1, -0.05) is 6.92 Å². The highest BCUT2D eigenvalue weighted by Gasteiger charge is 2.32. The van der Waals surface area contributed by atoms with E-state index in [0.717, 1.165) is 30.8 Å². The molecule has 0 aliphatic heterocycles. The van der Waals surface area contributed by atoms with Gasteiger partial charge in [0.2, 0.25) is 12.2 Å². The number of aromatic nitrogens is 2. The monoisotopic (exact) mass is 495 g/mol. The van der Waals surface area contributed by atoms with E-state index in [0.29, 0.717) is 18.2 Å². The molecular formula is C23H28F3N5O4. The zero-order valence-corrected chi connectivity index (χ0v) is 19.6. The van der Waals surface area contributed by atoms with E-state index in [1.807, 2.05) is 6.92 Å². The van der Waals surface area contributed by atoms with Crippen LogP contribution in [0.25, 0.3) is 0 Å². The number of carbonyl (C=O) groups excluding carboxylic acids is 3. The maximum atomic E-state index is 12.5. The Balaban J connectivity index is 0.000000283. The minimum absolute atomic E-state index is 0.0345. The summed E-state index contributed by atoms with van der Waals surface area (Å²) in [6.07, 6.45) is 0.314. The van der Waals surface area contributed by atoms with Crippen molar-refractivity contribution in [2.45, 2.75) is 32.5 Å². The number of aldehydes is 1. The van der Waals surface area contributed by atoms with Crippen LogP contribution in [0, 0.1) is 11.8 Å². The summed E-state index contributed by atoms with van der Waals surface area (Å²) in [6.45, 7) is 2.45. The first-order chi connectivity index (χ1) is 16.5. The van der Waals surface area contributed by atoms with Gasteiger partial charge in [0.05, 0.1) is 36.8 Å². The zero-order valence-electron chi connectivity index (χ0n) is 19.6. The molecule has 1 atom stereocenters. The molecule has 3 N–H and O–H groups in total. The molecule has 2 heterocycles. The fourth-order valence-electron chi connectivity index (χ4n) is 3.28. The minimum atomic E-state index is -4.44.